The smallest absolute Gasteiger partial charge is 0.274 e. The molecule has 0 aliphatic carbocycles. The molecule has 1 heterocycles. The molecule has 0 fully saturated rings. The SMILES string of the molecule is Cc1ccc(NC(=O)c2cc(C)nc(N(C)c3ccccc3)n2)c(C)c1. The summed E-state index contributed by atoms with van der Waals surface area (Å²) in [7, 11) is 1.88. The van der Waals surface area contributed by atoms with Gasteiger partial charge in [0.1, 0.15) is 5.69 Å². The monoisotopic (exact) mass is 346 g/mol. The molecule has 0 spiro atoms. The Hall–Kier alpha value is -3.21. The standard InChI is InChI=1S/C21H22N4O/c1-14-10-11-18(15(2)12-14)23-20(26)19-13-16(3)22-21(24-19)25(4)17-8-6-5-7-9-17/h5-13H,1-4H3,(H,23,26). The first-order valence-electron chi connectivity index (χ1n) is 8.47. The molecule has 3 rings (SSSR count). The number of para-hydroxylation sites is 1. The van der Waals surface area contributed by atoms with Crippen LogP contribution in [0.3, 0.4) is 0 Å². The zero-order chi connectivity index (χ0) is 18.7. The lowest BCUT2D eigenvalue weighted by Gasteiger charge is -2.18. The molecule has 132 valence electrons. The average molecular weight is 346 g/mol. The van der Waals surface area contributed by atoms with Gasteiger partial charge in [0.15, 0.2) is 0 Å². The van der Waals surface area contributed by atoms with Crippen LogP contribution in [0.15, 0.2) is 54.6 Å². The molecule has 0 unspecified atom stereocenters. The lowest BCUT2D eigenvalue weighted by Crippen LogP contribution is -2.19. The zero-order valence-corrected chi connectivity index (χ0v) is 15.4. The van der Waals surface area contributed by atoms with Gasteiger partial charge < -0.3 is 10.2 Å². The molecule has 0 aliphatic heterocycles. The summed E-state index contributed by atoms with van der Waals surface area (Å²) in [5, 5.41) is 2.94. The first kappa shape index (κ1) is 17.6. The molecule has 5 heteroatoms. The van der Waals surface area contributed by atoms with E-state index in [2.05, 4.69) is 15.3 Å². The fourth-order valence-corrected chi connectivity index (χ4v) is 2.73. The van der Waals surface area contributed by atoms with Gasteiger partial charge >= 0.3 is 0 Å². The maximum Gasteiger partial charge on any atom is 0.274 e. The van der Waals surface area contributed by atoms with Gasteiger partial charge in [0.05, 0.1) is 0 Å². The molecular formula is C21H22N4O. The van der Waals surface area contributed by atoms with Gasteiger partial charge in [0, 0.05) is 24.1 Å². The highest BCUT2D eigenvalue weighted by Gasteiger charge is 2.15. The summed E-state index contributed by atoms with van der Waals surface area (Å²) in [6.07, 6.45) is 0. The number of nitrogens with one attached hydrogen (secondary N) is 1. The van der Waals surface area contributed by atoms with Crippen molar-refractivity contribution in [2.45, 2.75) is 20.8 Å². The number of carbonyl (C=O) groups excluding carboxylic acids is 1. The van der Waals surface area contributed by atoms with Crippen LogP contribution in [0.25, 0.3) is 0 Å². The summed E-state index contributed by atoms with van der Waals surface area (Å²) < 4.78 is 0. The fraction of sp³-hybridized carbons (Fsp3) is 0.190. The van der Waals surface area contributed by atoms with Crippen molar-refractivity contribution in [2.24, 2.45) is 0 Å². The summed E-state index contributed by atoms with van der Waals surface area (Å²) >= 11 is 0. The van der Waals surface area contributed by atoms with E-state index < -0.39 is 0 Å². The Morgan fingerprint density at radius 1 is 0.962 bits per heavy atom. The van der Waals surface area contributed by atoms with Crippen LogP contribution < -0.4 is 10.2 Å². The Bertz CT molecular complexity index is 938. The number of benzene rings is 2. The van der Waals surface area contributed by atoms with Crippen molar-refractivity contribution < 1.29 is 4.79 Å². The number of hydrogen-bond donors (Lipinski definition) is 1. The maximum atomic E-state index is 12.7. The fourth-order valence-electron chi connectivity index (χ4n) is 2.73. The highest BCUT2D eigenvalue weighted by molar-refractivity contribution is 6.03. The van der Waals surface area contributed by atoms with E-state index in [0.717, 1.165) is 28.2 Å². The molecule has 0 bridgehead atoms. The van der Waals surface area contributed by atoms with Crippen LogP contribution in [-0.4, -0.2) is 22.9 Å². The van der Waals surface area contributed by atoms with E-state index in [1.807, 2.05) is 81.2 Å². The predicted molar refractivity (Wildman–Crippen MR) is 105 cm³/mol. The van der Waals surface area contributed by atoms with Crippen LogP contribution in [-0.2, 0) is 0 Å². The number of nitrogens with zero attached hydrogens (tertiary/aromatic N) is 3. The van der Waals surface area contributed by atoms with E-state index >= 15 is 0 Å². The van der Waals surface area contributed by atoms with Crippen LogP contribution in [0.5, 0.6) is 0 Å². The van der Waals surface area contributed by atoms with Crippen LogP contribution in [0.4, 0.5) is 17.3 Å². The van der Waals surface area contributed by atoms with Crippen LogP contribution >= 0.6 is 0 Å². The summed E-state index contributed by atoms with van der Waals surface area (Å²) in [5.74, 6) is 0.243. The normalized spacial score (nSPS) is 10.5. The van der Waals surface area contributed by atoms with E-state index in [4.69, 9.17) is 0 Å². The number of amides is 1. The van der Waals surface area contributed by atoms with E-state index in [-0.39, 0.29) is 5.91 Å². The van der Waals surface area contributed by atoms with Crippen molar-refractivity contribution in [3.05, 3.63) is 77.1 Å². The third-order valence-electron chi connectivity index (χ3n) is 4.15. The molecule has 0 radical (unpaired) electrons. The Balaban J connectivity index is 1.88. The Labute approximate surface area is 153 Å². The molecule has 0 saturated heterocycles. The third-order valence-corrected chi connectivity index (χ3v) is 4.15. The Morgan fingerprint density at radius 2 is 1.69 bits per heavy atom. The van der Waals surface area contributed by atoms with Gasteiger partial charge in [0.2, 0.25) is 5.95 Å². The lowest BCUT2D eigenvalue weighted by atomic mass is 10.1. The van der Waals surface area contributed by atoms with Crippen molar-refractivity contribution in [3.8, 4) is 0 Å². The number of carbonyl (C=O) groups is 1. The minimum Gasteiger partial charge on any atom is -0.320 e. The van der Waals surface area contributed by atoms with Crippen molar-refractivity contribution in [3.63, 3.8) is 0 Å². The number of aryl methyl sites for hydroxylation is 3. The van der Waals surface area contributed by atoms with Gasteiger partial charge in [-0.2, -0.15) is 0 Å². The van der Waals surface area contributed by atoms with Gasteiger partial charge in [-0.05, 0) is 50.6 Å². The van der Waals surface area contributed by atoms with Crippen molar-refractivity contribution in [1.29, 1.82) is 0 Å². The molecule has 0 aliphatic rings. The molecular weight excluding hydrogens is 324 g/mol. The molecule has 5 nitrogen and oxygen atoms in total. The second-order valence-electron chi connectivity index (χ2n) is 6.36. The molecule has 0 saturated carbocycles. The average Bonchev–Trinajstić information content (AvgIpc) is 2.63. The number of hydrogen-bond acceptors (Lipinski definition) is 4. The zero-order valence-electron chi connectivity index (χ0n) is 15.4. The first-order valence-corrected chi connectivity index (χ1v) is 8.47. The maximum absolute atomic E-state index is 12.7. The Kier molecular flexibility index (Phi) is 4.98. The first-order chi connectivity index (χ1) is 12.4. The van der Waals surface area contributed by atoms with Crippen LogP contribution in [0.1, 0.15) is 27.3 Å². The Morgan fingerprint density at radius 3 is 2.38 bits per heavy atom. The second-order valence-corrected chi connectivity index (χ2v) is 6.36. The van der Waals surface area contributed by atoms with Gasteiger partial charge in [-0.15, -0.1) is 0 Å². The quantitative estimate of drug-likeness (QED) is 0.759. The van der Waals surface area contributed by atoms with Crippen LogP contribution in [0.2, 0.25) is 0 Å². The van der Waals surface area contributed by atoms with Gasteiger partial charge in [-0.25, -0.2) is 9.97 Å². The summed E-state index contributed by atoms with van der Waals surface area (Å²) in [4.78, 5) is 23.5. The minimum atomic E-state index is -0.245. The van der Waals surface area contributed by atoms with Crippen LogP contribution in [0, 0.1) is 20.8 Å². The lowest BCUT2D eigenvalue weighted by molar-refractivity contribution is 0.102. The summed E-state index contributed by atoms with van der Waals surface area (Å²) in [6, 6.07) is 17.4. The minimum absolute atomic E-state index is 0.245. The van der Waals surface area contributed by atoms with E-state index in [0.29, 0.717) is 11.6 Å². The molecule has 1 N–H and O–H groups in total. The summed E-state index contributed by atoms with van der Waals surface area (Å²) in [5.41, 5.74) is 5.00. The van der Waals surface area contributed by atoms with Gasteiger partial charge in [-0.1, -0.05) is 35.9 Å². The molecule has 0 atom stereocenters. The van der Waals surface area contributed by atoms with Gasteiger partial charge in [0.25, 0.3) is 5.91 Å². The van der Waals surface area contributed by atoms with E-state index in [9.17, 15) is 4.79 Å². The van der Waals surface area contributed by atoms with E-state index in [1.165, 1.54) is 0 Å². The van der Waals surface area contributed by atoms with Gasteiger partial charge in [-0.3, -0.25) is 4.79 Å². The topological polar surface area (TPSA) is 58.1 Å². The largest absolute Gasteiger partial charge is 0.320 e. The number of rotatable bonds is 4. The third kappa shape index (κ3) is 3.88. The molecule has 1 aromatic heterocycles. The second kappa shape index (κ2) is 7.35. The van der Waals surface area contributed by atoms with Crippen molar-refractivity contribution in [2.75, 3.05) is 17.3 Å². The highest BCUT2D eigenvalue weighted by atomic mass is 16.1. The molecule has 1 amide bonds. The van der Waals surface area contributed by atoms with Crippen molar-refractivity contribution >= 4 is 23.2 Å². The molecule has 2 aromatic carbocycles. The number of aromatic nitrogens is 2. The van der Waals surface area contributed by atoms with E-state index in [1.54, 1.807) is 6.07 Å². The highest BCUT2D eigenvalue weighted by Crippen LogP contribution is 2.21. The summed E-state index contributed by atoms with van der Waals surface area (Å²) in [6.45, 7) is 5.86. The molecule has 3 aromatic rings. The molecule has 26 heavy (non-hydrogen) atoms. The number of anilines is 3. The predicted octanol–water partition coefficient (Wildman–Crippen LogP) is 4.42. The van der Waals surface area contributed by atoms with Crippen molar-refractivity contribution in [1.82, 2.24) is 9.97 Å².